The zero-order valence-corrected chi connectivity index (χ0v) is 14.8. The normalized spacial score (nSPS) is 33.8. The highest BCUT2D eigenvalue weighted by Gasteiger charge is 2.66. The molecule has 1 aliphatic heterocycles. The Morgan fingerprint density at radius 2 is 2.08 bits per heavy atom. The Balaban J connectivity index is 2.07. The topological polar surface area (TPSA) is 65.0 Å². The summed E-state index contributed by atoms with van der Waals surface area (Å²) in [5.74, 6) is -1.09. The molecule has 1 fully saturated rings. The zero-order valence-electron chi connectivity index (χ0n) is 14.8. The maximum atomic E-state index is 12.5. The molecule has 1 aliphatic carbocycles. The van der Waals surface area contributed by atoms with Crippen LogP contribution in [-0.2, 0) is 9.53 Å². The number of rotatable bonds is 5. The van der Waals surface area contributed by atoms with Gasteiger partial charge >= 0.3 is 0 Å². The largest absolute Gasteiger partial charge is 0.493 e. The molecule has 0 unspecified atom stereocenters. The van der Waals surface area contributed by atoms with E-state index in [4.69, 9.17) is 14.2 Å². The van der Waals surface area contributed by atoms with Crippen molar-refractivity contribution in [3.63, 3.8) is 0 Å². The van der Waals surface area contributed by atoms with Crippen molar-refractivity contribution < 1.29 is 24.1 Å². The van der Waals surface area contributed by atoms with Gasteiger partial charge in [-0.05, 0) is 24.1 Å². The summed E-state index contributed by atoms with van der Waals surface area (Å²) in [6.45, 7) is 5.79. The third-order valence-electron chi connectivity index (χ3n) is 5.51. The summed E-state index contributed by atoms with van der Waals surface area (Å²) in [7, 11) is 3.14. The van der Waals surface area contributed by atoms with Crippen LogP contribution in [0.3, 0.4) is 0 Å². The van der Waals surface area contributed by atoms with Gasteiger partial charge in [-0.2, -0.15) is 0 Å². The number of hydrogen-bond donors (Lipinski definition) is 1. The first-order chi connectivity index (χ1) is 11.9. The molecule has 1 aromatic rings. The Hall–Kier alpha value is -2.11. The third kappa shape index (κ3) is 2.41. The average molecular weight is 344 g/mol. The smallest absolute Gasteiger partial charge is 0.237 e. The summed E-state index contributed by atoms with van der Waals surface area (Å²) in [6, 6.07) is 5.50. The van der Waals surface area contributed by atoms with Gasteiger partial charge < -0.3 is 19.3 Å². The van der Waals surface area contributed by atoms with Gasteiger partial charge in [0.1, 0.15) is 0 Å². The van der Waals surface area contributed by atoms with Gasteiger partial charge in [0.25, 0.3) is 0 Å². The molecule has 1 saturated heterocycles. The van der Waals surface area contributed by atoms with Gasteiger partial charge in [-0.3, -0.25) is 4.79 Å². The molecule has 0 amide bonds. The van der Waals surface area contributed by atoms with Gasteiger partial charge in [-0.15, -0.1) is 6.58 Å². The van der Waals surface area contributed by atoms with Crippen molar-refractivity contribution in [3.8, 4) is 11.5 Å². The van der Waals surface area contributed by atoms with Gasteiger partial charge in [-0.1, -0.05) is 31.2 Å². The number of benzene rings is 1. The Kier molecular flexibility index (Phi) is 4.47. The minimum absolute atomic E-state index is 0.130. The molecule has 3 rings (SSSR count). The minimum atomic E-state index is -1.84. The first-order valence-electron chi connectivity index (χ1n) is 8.37. The first kappa shape index (κ1) is 17.7. The fraction of sp³-hybridized carbons (Fsp3) is 0.450. The second-order valence-corrected chi connectivity index (χ2v) is 6.65. The van der Waals surface area contributed by atoms with Crippen LogP contribution < -0.4 is 9.47 Å². The number of aliphatic hydroxyl groups is 1. The van der Waals surface area contributed by atoms with E-state index in [0.29, 0.717) is 17.9 Å². The van der Waals surface area contributed by atoms with Crippen LogP contribution in [0, 0.1) is 11.3 Å². The molecule has 0 saturated carbocycles. The Bertz CT molecular complexity index is 725. The van der Waals surface area contributed by atoms with Gasteiger partial charge in [0, 0.05) is 12.3 Å². The van der Waals surface area contributed by atoms with Crippen LogP contribution in [0.25, 0.3) is 0 Å². The van der Waals surface area contributed by atoms with Gasteiger partial charge in [-0.25, -0.2) is 0 Å². The van der Waals surface area contributed by atoms with E-state index >= 15 is 0 Å². The summed E-state index contributed by atoms with van der Waals surface area (Å²) in [6.07, 6.45) is 5.64. The Labute approximate surface area is 147 Å². The molecular formula is C20H24O5. The number of allylic oxidation sites excluding steroid dienone is 2. The van der Waals surface area contributed by atoms with E-state index in [2.05, 4.69) is 6.58 Å². The van der Waals surface area contributed by atoms with Crippen molar-refractivity contribution in [3.05, 3.63) is 48.6 Å². The average Bonchev–Trinajstić information content (AvgIpc) is 2.85. The van der Waals surface area contributed by atoms with E-state index < -0.39 is 17.3 Å². The standard InChI is InChI=1S/C20H24O5/c1-5-10-19-11-6-7-17(21)20(19,22)25-18(13(19)2)14-8-9-15(23-3)16(12-14)24-4/h5-6,8-9,11-13,18,22H,1,7,10H2,2-4H3/t13-,18+,19-,20-/m1/s1. The van der Waals surface area contributed by atoms with Crippen LogP contribution in [0.2, 0.25) is 0 Å². The van der Waals surface area contributed by atoms with Crippen molar-refractivity contribution in [2.75, 3.05) is 14.2 Å². The molecule has 1 heterocycles. The molecule has 5 nitrogen and oxygen atoms in total. The number of fused-ring (bicyclic) bond motifs is 1. The molecule has 5 heteroatoms. The van der Waals surface area contributed by atoms with Crippen LogP contribution in [0.1, 0.15) is 31.4 Å². The van der Waals surface area contributed by atoms with Crippen molar-refractivity contribution >= 4 is 5.78 Å². The molecule has 4 atom stereocenters. The van der Waals surface area contributed by atoms with Gasteiger partial charge in [0.15, 0.2) is 17.3 Å². The molecule has 0 aromatic heterocycles. The van der Waals surface area contributed by atoms with Gasteiger partial charge in [0.2, 0.25) is 5.79 Å². The van der Waals surface area contributed by atoms with Crippen LogP contribution >= 0.6 is 0 Å². The molecule has 1 aromatic carbocycles. The lowest BCUT2D eigenvalue weighted by atomic mass is 9.64. The van der Waals surface area contributed by atoms with E-state index in [0.717, 1.165) is 5.56 Å². The summed E-state index contributed by atoms with van der Waals surface area (Å²) in [4.78, 5) is 12.5. The van der Waals surface area contributed by atoms with E-state index in [1.54, 1.807) is 26.4 Å². The number of carbonyl (C=O) groups is 1. The lowest BCUT2D eigenvalue weighted by Gasteiger charge is -2.41. The van der Waals surface area contributed by atoms with E-state index in [1.165, 1.54) is 0 Å². The fourth-order valence-corrected chi connectivity index (χ4v) is 4.10. The molecule has 0 spiro atoms. The first-order valence-corrected chi connectivity index (χ1v) is 8.37. The lowest BCUT2D eigenvalue weighted by Crippen LogP contribution is -2.53. The molecule has 134 valence electrons. The highest BCUT2D eigenvalue weighted by molar-refractivity contribution is 5.90. The molecule has 0 radical (unpaired) electrons. The maximum absolute atomic E-state index is 12.5. The number of carbonyl (C=O) groups excluding carboxylic acids is 1. The number of methoxy groups -OCH3 is 2. The van der Waals surface area contributed by atoms with Crippen LogP contribution in [0.5, 0.6) is 11.5 Å². The van der Waals surface area contributed by atoms with E-state index in [-0.39, 0.29) is 18.1 Å². The SMILES string of the molecule is C=CC[C@]12C=CCC(=O)[C@@]1(O)O[C@H](c1ccc(OC)c(OC)c1)[C@H]2C. The Morgan fingerprint density at radius 1 is 1.36 bits per heavy atom. The predicted molar refractivity (Wildman–Crippen MR) is 93.5 cm³/mol. The van der Waals surface area contributed by atoms with Crippen LogP contribution in [0.4, 0.5) is 0 Å². The fourth-order valence-electron chi connectivity index (χ4n) is 4.10. The molecule has 25 heavy (non-hydrogen) atoms. The van der Waals surface area contributed by atoms with E-state index in [9.17, 15) is 9.90 Å². The van der Waals surface area contributed by atoms with Crippen molar-refractivity contribution in [1.29, 1.82) is 0 Å². The highest BCUT2D eigenvalue weighted by atomic mass is 16.6. The van der Waals surface area contributed by atoms with Crippen molar-refractivity contribution in [1.82, 2.24) is 0 Å². The second-order valence-electron chi connectivity index (χ2n) is 6.65. The minimum Gasteiger partial charge on any atom is -0.493 e. The number of hydrogen-bond acceptors (Lipinski definition) is 5. The lowest BCUT2D eigenvalue weighted by molar-refractivity contribution is -0.224. The molecule has 2 aliphatic rings. The van der Waals surface area contributed by atoms with Crippen LogP contribution in [0.15, 0.2) is 43.0 Å². The van der Waals surface area contributed by atoms with Crippen molar-refractivity contribution in [2.45, 2.75) is 31.7 Å². The number of ketones is 1. The summed E-state index contributed by atoms with van der Waals surface area (Å²) >= 11 is 0. The summed E-state index contributed by atoms with van der Waals surface area (Å²) < 4.78 is 16.6. The predicted octanol–water partition coefficient (Wildman–Crippen LogP) is 3.19. The summed E-state index contributed by atoms with van der Waals surface area (Å²) in [5, 5.41) is 11.2. The van der Waals surface area contributed by atoms with Crippen LogP contribution in [-0.4, -0.2) is 30.9 Å². The second kappa shape index (κ2) is 6.32. The Morgan fingerprint density at radius 3 is 2.72 bits per heavy atom. The zero-order chi connectivity index (χ0) is 18.2. The van der Waals surface area contributed by atoms with Gasteiger partial charge in [0.05, 0.1) is 25.7 Å². The quantitative estimate of drug-likeness (QED) is 0.831. The molecule has 1 N–H and O–H groups in total. The molecular weight excluding hydrogens is 320 g/mol. The monoisotopic (exact) mass is 344 g/mol. The maximum Gasteiger partial charge on any atom is 0.237 e. The third-order valence-corrected chi connectivity index (χ3v) is 5.51. The highest BCUT2D eigenvalue weighted by Crippen LogP contribution is 2.60. The molecule has 0 bridgehead atoms. The van der Waals surface area contributed by atoms with Crippen molar-refractivity contribution in [2.24, 2.45) is 11.3 Å². The summed E-state index contributed by atoms with van der Waals surface area (Å²) in [5.41, 5.74) is 0.0136. The number of Topliss-reactive ketones (excluding diaryl/α,β-unsaturated/α-hetero) is 1. The number of ether oxygens (including phenoxy) is 3. The van der Waals surface area contributed by atoms with E-state index in [1.807, 2.05) is 31.2 Å².